The molecule has 0 aliphatic rings. The molecule has 0 aliphatic carbocycles. The second-order valence-corrected chi connectivity index (χ2v) is 7.40. The van der Waals surface area contributed by atoms with Gasteiger partial charge in [0.15, 0.2) is 0 Å². The number of halogens is 1. The van der Waals surface area contributed by atoms with Crippen LogP contribution >= 0.6 is 22.6 Å². The van der Waals surface area contributed by atoms with Crippen molar-refractivity contribution in [2.45, 2.75) is 39.8 Å². The Morgan fingerprint density at radius 3 is 2.67 bits per heavy atom. The largest absolute Gasteiger partial charge is 0.439 e. The van der Waals surface area contributed by atoms with E-state index in [1.807, 2.05) is 38.2 Å². The van der Waals surface area contributed by atoms with E-state index in [0.717, 1.165) is 33.0 Å². The average molecular weight is 399 g/mol. The first kappa shape index (κ1) is 16.3. The van der Waals surface area contributed by atoms with Gasteiger partial charge in [-0.2, -0.15) is 5.10 Å². The molecular weight excluding hydrogens is 377 g/mol. The maximum Gasteiger partial charge on any atom is 0.222 e. The van der Waals surface area contributed by atoms with E-state index in [0.29, 0.717) is 0 Å². The maximum absolute atomic E-state index is 6.06. The first-order valence-electron chi connectivity index (χ1n) is 6.97. The van der Waals surface area contributed by atoms with E-state index in [9.17, 15) is 0 Å². The fourth-order valence-electron chi connectivity index (χ4n) is 2.01. The number of rotatable bonds is 4. The fourth-order valence-corrected chi connectivity index (χ4v) is 2.52. The molecule has 0 amide bonds. The number of aromatic nitrogens is 2. The van der Waals surface area contributed by atoms with E-state index in [-0.39, 0.29) is 5.54 Å². The Morgan fingerprint density at radius 2 is 2.05 bits per heavy atom. The second-order valence-electron chi connectivity index (χ2n) is 6.16. The number of nitrogens with zero attached hydrogens (tertiary/aromatic N) is 2. The molecular formula is C16H22IN3O. The predicted molar refractivity (Wildman–Crippen MR) is 93.8 cm³/mol. The van der Waals surface area contributed by atoms with Crippen LogP contribution < -0.4 is 10.1 Å². The summed E-state index contributed by atoms with van der Waals surface area (Å²) in [7, 11) is 1.91. The summed E-state index contributed by atoms with van der Waals surface area (Å²) in [5.41, 5.74) is 2.16. The van der Waals surface area contributed by atoms with Crippen molar-refractivity contribution in [3.63, 3.8) is 0 Å². The normalized spacial score (nSPS) is 11.7. The Balaban J connectivity index is 2.26. The van der Waals surface area contributed by atoms with Gasteiger partial charge >= 0.3 is 0 Å². The molecule has 21 heavy (non-hydrogen) atoms. The first-order chi connectivity index (χ1) is 9.76. The van der Waals surface area contributed by atoms with Gasteiger partial charge in [0.05, 0.1) is 11.3 Å². The molecule has 1 heterocycles. The average Bonchev–Trinajstić information content (AvgIpc) is 2.61. The van der Waals surface area contributed by atoms with Gasteiger partial charge in [0.25, 0.3) is 0 Å². The van der Waals surface area contributed by atoms with Gasteiger partial charge in [0.1, 0.15) is 5.75 Å². The molecule has 2 rings (SSSR count). The standard InChI is InChI=1S/C16H22IN3O/c1-11-14(10-18-16(2,3)4)15(20(5)19-11)21-13-8-6-7-12(17)9-13/h6-9,18H,10H2,1-5H3. The van der Waals surface area contributed by atoms with Crippen molar-refractivity contribution >= 4 is 22.6 Å². The van der Waals surface area contributed by atoms with Crippen LogP contribution in [-0.2, 0) is 13.6 Å². The van der Waals surface area contributed by atoms with Crippen LogP contribution in [0.1, 0.15) is 32.0 Å². The monoisotopic (exact) mass is 399 g/mol. The number of nitrogens with one attached hydrogen (secondary N) is 1. The lowest BCUT2D eigenvalue weighted by Crippen LogP contribution is -2.35. The number of hydrogen-bond donors (Lipinski definition) is 1. The number of hydrogen-bond acceptors (Lipinski definition) is 3. The van der Waals surface area contributed by atoms with E-state index in [1.165, 1.54) is 0 Å². The van der Waals surface area contributed by atoms with Crippen LogP contribution in [0.2, 0.25) is 0 Å². The molecule has 114 valence electrons. The summed E-state index contributed by atoms with van der Waals surface area (Å²) >= 11 is 2.28. The van der Waals surface area contributed by atoms with Crippen LogP contribution in [0.5, 0.6) is 11.6 Å². The first-order valence-corrected chi connectivity index (χ1v) is 8.05. The van der Waals surface area contributed by atoms with Crippen LogP contribution in [0, 0.1) is 10.5 Å². The lowest BCUT2D eigenvalue weighted by molar-refractivity contribution is 0.401. The van der Waals surface area contributed by atoms with Crippen LogP contribution in [0.25, 0.3) is 0 Å². The molecule has 0 aliphatic heterocycles. The summed E-state index contributed by atoms with van der Waals surface area (Å²) < 4.78 is 9.01. The summed E-state index contributed by atoms with van der Waals surface area (Å²) in [6.07, 6.45) is 0. The Kier molecular flexibility index (Phi) is 4.93. The highest BCUT2D eigenvalue weighted by atomic mass is 127. The Hall–Kier alpha value is -1.08. The molecule has 1 N–H and O–H groups in total. The molecule has 0 spiro atoms. The van der Waals surface area contributed by atoms with Crippen LogP contribution in [0.3, 0.4) is 0 Å². The SMILES string of the molecule is Cc1nn(C)c(Oc2cccc(I)c2)c1CNC(C)(C)C. The predicted octanol–water partition coefficient (Wildman–Crippen LogP) is 4.01. The Bertz CT molecular complexity index is 629. The van der Waals surface area contributed by atoms with Gasteiger partial charge in [-0.05, 0) is 68.5 Å². The van der Waals surface area contributed by atoms with Crippen molar-refractivity contribution in [1.29, 1.82) is 0 Å². The van der Waals surface area contributed by atoms with E-state index < -0.39 is 0 Å². The van der Waals surface area contributed by atoms with Crippen molar-refractivity contribution in [2.24, 2.45) is 7.05 Å². The molecule has 4 nitrogen and oxygen atoms in total. The minimum absolute atomic E-state index is 0.0572. The Morgan fingerprint density at radius 1 is 1.33 bits per heavy atom. The molecule has 0 atom stereocenters. The quantitative estimate of drug-likeness (QED) is 0.790. The topological polar surface area (TPSA) is 39.1 Å². The van der Waals surface area contributed by atoms with E-state index in [2.05, 4.69) is 53.8 Å². The minimum atomic E-state index is 0.0572. The zero-order valence-corrected chi connectivity index (χ0v) is 15.4. The molecule has 0 radical (unpaired) electrons. The molecule has 0 bridgehead atoms. The van der Waals surface area contributed by atoms with Crippen molar-refractivity contribution in [2.75, 3.05) is 0 Å². The third-order valence-corrected chi connectivity index (χ3v) is 3.77. The number of ether oxygens (including phenoxy) is 1. The van der Waals surface area contributed by atoms with Crippen LogP contribution in [0.4, 0.5) is 0 Å². The summed E-state index contributed by atoms with van der Waals surface area (Å²) in [6.45, 7) is 9.21. The van der Waals surface area contributed by atoms with Gasteiger partial charge in [0, 0.05) is 22.7 Å². The molecule has 2 aromatic rings. The molecule has 0 saturated carbocycles. The highest BCUT2D eigenvalue weighted by molar-refractivity contribution is 14.1. The second kappa shape index (κ2) is 6.36. The van der Waals surface area contributed by atoms with Gasteiger partial charge < -0.3 is 10.1 Å². The summed E-state index contributed by atoms with van der Waals surface area (Å²) in [5, 5.41) is 7.98. The molecule has 0 unspecified atom stereocenters. The smallest absolute Gasteiger partial charge is 0.222 e. The third-order valence-electron chi connectivity index (χ3n) is 3.09. The lowest BCUT2D eigenvalue weighted by atomic mass is 10.1. The molecule has 5 heteroatoms. The van der Waals surface area contributed by atoms with Gasteiger partial charge in [-0.15, -0.1) is 0 Å². The summed E-state index contributed by atoms with van der Waals surface area (Å²) in [6, 6.07) is 8.02. The molecule has 1 aromatic heterocycles. The molecule has 0 saturated heterocycles. The highest BCUT2D eigenvalue weighted by Gasteiger charge is 2.18. The van der Waals surface area contributed by atoms with Crippen LogP contribution in [0.15, 0.2) is 24.3 Å². The zero-order chi connectivity index (χ0) is 15.6. The van der Waals surface area contributed by atoms with Crippen molar-refractivity contribution < 1.29 is 4.74 Å². The highest BCUT2D eigenvalue weighted by Crippen LogP contribution is 2.28. The molecule has 0 fully saturated rings. The summed E-state index contributed by atoms with van der Waals surface area (Å²) in [4.78, 5) is 0. The summed E-state index contributed by atoms with van der Waals surface area (Å²) in [5.74, 6) is 1.63. The van der Waals surface area contributed by atoms with Gasteiger partial charge in [0.2, 0.25) is 5.88 Å². The van der Waals surface area contributed by atoms with Gasteiger partial charge in [-0.1, -0.05) is 6.07 Å². The van der Waals surface area contributed by atoms with Crippen LogP contribution in [-0.4, -0.2) is 15.3 Å². The third kappa shape index (κ3) is 4.44. The van der Waals surface area contributed by atoms with Crippen molar-refractivity contribution in [3.05, 3.63) is 39.1 Å². The zero-order valence-electron chi connectivity index (χ0n) is 13.2. The maximum atomic E-state index is 6.06. The minimum Gasteiger partial charge on any atom is -0.439 e. The fraction of sp³-hybridized carbons (Fsp3) is 0.438. The Labute approximate surface area is 140 Å². The van der Waals surface area contributed by atoms with E-state index in [4.69, 9.17) is 4.74 Å². The van der Waals surface area contributed by atoms with Crippen molar-refractivity contribution in [1.82, 2.24) is 15.1 Å². The number of aryl methyl sites for hydroxylation is 2. The van der Waals surface area contributed by atoms with E-state index >= 15 is 0 Å². The van der Waals surface area contributed by atoms with Gasteiger partial charge in [-0.25, -0.2) is 4.68 Å². The van der Waals surface area contributed by atoms with Crippen molar-refractivity contribution in [3.8, 4) is 11.6 Å². The number of benzene rings is 1. The van der Waals surface area contributed by atoms with Gasteiger partial charge in [-0.3, -0.25) is 0 Å². The lowest BCUT2D eigenvalue weighted by Gasteiger charge is -2.20. The molecule has 1 aromatic carbocycles. The van der Waals surface area contributed by atoms with E-state index in [1.54, 1.807) is 4.68 Å².